The molecule has 0 unspecified atom stereocenters. The van der Waals surface area contributed by atoms with Crippen molar-refractivity contribution in [2.75, 3.05) is 5.32 Å². The van der Waals surface area contributed by atoms with Crippen LogP contribution in [0.5, 0.6) is 0 Å². The van der Waals surface area contributed by atoms with E-state index >= 15 is 0 Å². The van der Waals surface area contributed by atoms with Crippen LogP contribution < -0.4 is 5.32 Å². The topological polar surface area (TPSA) is 29.1 Å². The van der Waals surface area contributed by atoms with Gasteiger partial charge in [-0.1, -0.05) is 6.07 Å². The average molecular weight is 205 g/mol. The first-order valence-corrected chi connectivity index (χ1v) is 5.30. The van der Waals surface area contributed by atoms with Crippen LogP contribution in [0.3, 0.4) is 0 Å². The van der Waals surface area contributed by atoms with E-state index in [2.05, 4.69) is 19.2 Å². The van der Waals surface area contributed by atoms with Gasteiger partial charge >= 0.3 is 0 Å². The van der Waals surface area contributed by atoms with Crippen molar-refractivity contribution in [1.29, 1.82) is 0 Å². The number of nitrogens with one attached hydrogen (secondary N) is 1. The fraction of sp³-hybridized carbons (Fsp3) is 0.462. The van der Waals surface area contributed by atoms with Crippen molar-refractivity contribution in [2.45, 2.75) is 40.7 Å². The fourth-order valence-corrected chi connectivity index (χ4v) is 1.86. The molecule has 1 aromatic carbocycles. The molecule has 0 aliphatic rings. The molecule has 0 aliphatic carbocycles. The second-order valence-corrected chi connectivity index (χ2v) is 4.36. The molecule has 1 N–H and O–H groups in total. The number of anilines is 1. The Hall–Kier alpha value is -1.31. The summed E-state index contributed by atoms with van der Waals surface area (Å²) in [4.78, 5) is 11.5. The van der Waals surface area contributed by atoms with Crippen molar-refractivity contribution in [3.63, 3.8) is 0 Å². The van der Waals surface area contributed by atoms with E-state index in [1.54, 1.807) is 6.92 Å². The molecule has 0 heterocycles. The summed E-state index contributed by atoms with van der Waals surface area (Å²) in [7, 11) is 0. The van der Waals surface area contributed by atoms with Crippen LogP contribution in [-0.4, -0.2) is 11.8 Å². The van der Waals surface area contributed by atoms with Crippen LogP contribution in [0.4, 0.5) is 5.69 Å². The number of aryl methyl sites for hydroxylation is 2. The lowest BCUT2D eigenvalue weighted by Crippen LogP contribution is -2.14. The van der Waals surface area contributed by atoms with Gasteiger partial charge in [0.1, 0.15) is 0 Å². The van der Waals surface area contributed by atoms with Crippen molar-refractivity contribution < 1.29 is 4.79 Å². The normalized spacial score (nSPS) is 10.5. The third-order valence-electron chi connectivity index (χ3n) is 2.28. The van der Waals surface area contributed by atoms with Crippen LogP contribution >= 0.6 is 0 Å². The first kappa shape index (κ1) is 11.8. The predicted octanol–water partition coefficient (Wildman–Crippen LogP) is 3.33. The summed E-state index contributed by atoms with van der Waals surface area (Å²) in [6.07, 6.45) is 0. The molecule has 0 spiro atoms. The largest absolute Gasteiger partial charge is 0.382 e. The molecule has 0 saturated heterocycles. The van der Waals surface area contributed by atoms with E-state index in [1.807, 2.05) is 26.0 Å². The van der Waals surface area contributed by atoms with Gasteiger partial charge < -0.3 is 5.32 Å². The Kier molecular flexibility index (Phi) is 3.51. The molecule has 0 atom stereocenters. The lowest BCUT2D eigenvalue weighted by atomic mass is 10.00. The molecule has 0 aliphatic heterocycles. The SMILES string of the molecule is CC(=O)c1c(C)cc(C)cc1NC(C)C. The van der Waals surface area contributed by atoms with Gasteiger partial charge in [0.25, 0.3) is 0 Å². The highest BCUT2D eigenvalue weighted by Gasteiger charge is 2.11. The minimum atomic E-state index is 0.121. The average Bonchev–Trinajstić information content (AvgIpc) is 1.99. The third kappa shape index (κ3) is 2.82. The number of benzene rings is 1. The van der Waals surface area contributed by atoms with Crippen LogP contribution in [0.1, 0.15) is 42.3 Å². The fourth-order valence-electron chi connectivity index (χ4n) is 1.86. The standard InChI is InChI=1S/C13H19NO/c1-8(2)14-12-7-9(3)6-10(4)13(12)11(5)15/h6-8,14H,1-5H3. The molecular weight excluding hydrogens is 186 g/mol. The highest BCUT2D eigenvalue weighted by Crippen LogP contribution is 2.23. The maximum atomic E-state index is 11.5. The van der Waals surface area contributed by atoms with Crippen LogP contribution in [0.2, 0.25) is 0 Å². The Balaban J connectivity index is 3.27. The summed E-state index contributed by atoms with van der Waals surface area (Å²) < 4.78 is 0. The first-order chi connectivity index (χ1) is 6.91. The van der Waals surface area contributed by atoms with Crippen LogP contribution in [-0.2, 0) is 0 Å². The van der Waals surface area contributed by atoms with Gasteiger partial charge in [-0.25, -0.2) is 0 Å². The molecule has 1 rings (SSSR count). The number of hydrogen-bond acceptors (Lipinski definition) is 2. The van der Waals surface area contributed by atoms with Gasteiger partial charge in [0, 0.05) is 17.3 Å². The van der Waals surface area contributed by atoms with E-state index in [4.69, 9.17) is 0 Å². The molecule has 0 bridgehead atoms. The summed E-state index contributed by atoms with van der Waals surface area (Å²) in [5.74, 6) is 0.121. The monoisotopic (exact) mass is 205 g/mol. The maximum Gasteiger partial charge on any atom is 0.162 e. The lowest BCUT2D eigenvalue weighted by molar-refractivity contribution is 0.101. The van der Waals surface area contributed by atoms with Gasteiger partial charge in [0.15, 0.2) is 5.78 Å². The van der Waals surface area contributed by atoms with E-state index < -0.39 is 0 Å². The van der Waals surface area contributed by atoms with Crippen molar-refractivity contribution in [2.24, 2.45) is 0 Å². The van der Waals surface area contributed by atoms with Crippen LogP contribution in [0.15, 0.2) is 12.1 Å². The van der Waals surface area contributed by atoms with Gasteiger partial charge in [0.2, 0.25) is 0 Å². The molecule has 15 heavy (non-hydrogen) atoms. The van der Waals surface area contributed by atoms with Gasteiger partial charge in [-0.3, -0.25) is 4.79 Å². The van der Waals surface area contributed by atoms with E-state index in [0.29, 0.717) is 6.04 Å². The lowest BCUT2D eigenvalue weighted by Gasteiger charge is -2.16. The maximum absolute atomic E-state index is 11.5. The molecule has 0 fully saturated rings. The third-order valence-corrected chi connectivity index (χ3v) is 2.28. The minimum Gasteiger partial charge on any atom is -0.382 e. The Morgan fingerprint density at radius 3 is 2.33 bits per heavy atom. The van der Waals surface area contributed by atoms with Crippen LogP contribution in [0, 0.1) is 13.8 Å². The highest BCUT2D eigenvalue weighted by atomic mass is 16.1. The molecule has 1 aromatic rings. The molecule has 0 radical (unpaired) electrons. The summed E-state index contributed by atoms with van der Waals surface area (Å²) in [5.41, 5.74) is 4.00. The zero-order chi connectivity index (χ0) is 11.6. The molecule has 2 nitrogen and oxygen atoms in total. The van der Waals surface area contributed by atoms with Crippen molar-refractivity contribution in [3.8, 4) is 0 Å². The number of ketones is 1. The molecule has 0 amide bonds. The van der Waals surface area contributed by atoms with Gasteiger partial charge in [0.05, 0.1) is 0 Å². The quantitative estimate of drug-likeness (QED) is 0.767. The second-order valence-electron chi connectivity index (χ2n) is 4.36. The number of Topliss-reactive ketones (excluding diaryl/α,β-unsaturated/α-hetero) is 1. The highest BCUT2D eigenvalue weighted by molar-refractivity contribution is 6.01. The van der Waals surface area contributed by atoms with Gasteiger partial charge in [-0.15, -0.1) is 0 Å². The van der Waals surface area contributed by atoms with E-state index in [-0.39, 0.29) is 5.78 Å². The van der Waals surface area contributed by atoms with Gasteiger partial charge in [-0.05, 0) is 51.8 Å². The molecule has 0 aromatic heterocycles. The first-order valence-electron chi connectivity index (χ1n) is 5.30. The summed E-state index contributed by atoms with van der Waals surface area (Å²) in [6.45, 7) is 9.78. The summed E-state index contributed by atoms with van der Waals surface area (Å²) in [6, 6.07) is 4.41. The number of carbonyl (C=O) groups excluding carboxylic acids is 1. The summed E-state index contributed by atoms with van der Waals surface area (Å²) >= 11 is 0. The van der Waals surface area contributed by atoms with Crippen LogP contribution in [0.25, 0.3) is 0 Å². The summed E-state index contributed by atoms with van der Waals surface area (Å²) in [5, 5.41) is 3.32. The van der Waals surface area contributed by atoms with Crippen molar-refractivity contribution in [1.82, 2.24) is 0 Å². The Bertz CT molecular complexity index is 380. The van der Waals surface area contributed by atoms with E-state index in [0.717, 1.165) is 16.8 Å². The molecule has 82 valence electrons. The van der Waals surface area contributed by atoms with Crippen molar-refractivity contribution >= 4 is 11.5 Å². The number of carbonyl (C=O) groups is 1. The van der Waals surface area contributed by atoms with E-state index in [1.165, 1.54) is 5.56 Å². The second kappa shape index (κ2) is 4.47. The molecular formula is C13H19NO. The minimum absolute atomic E-state index is 0.121. The number of rotatable bonds is 3. The Morgan fingerprint density at radius 2 is 1.87 bits per heavy atom. The zero-order valence-corrected chi connectivity index (χ0v) is 10.1. The molecule has 2 heteroatoms. The smallest absolute Gasteiger partial charge is 0.162 e. The van der Waals surface area contributed by atoms with Gasteiger partial charge in [-0.2, -0.15) is 0 Å². The predicted molar refractivity (Wildman–Crippen MR) is 64.7 cm³/mol. The molecule has 0 saturated carbocycles. The Morgan fingerprint density at radius 1 is 1.27 bits per heavy atom. The van der Waals surface area contributed by atoms with Crippen molar-refractivity contribution in [3.05, 3.63) is 28.8 Å². The van der Waals surface area contributed by atoms with E-state index in [9.17, 15) is 4.79 Å². The number of hydrogen-bond donors (Lipinski definition) is 1. The zero-order valence-electron chi connectivity index (χ0n) is 10.1. The Labute approximate surface area is 91.7 Å².